The molecule has 110 valence electrons. The second kappa shape index (κ2) is 7.13. The highest BCUT2D eigenvalue weighted by atomic mass is 16.5. The second-order valence-corrected chi connectivity index (χ2v) is 4.22. The molecule has 0 aliphatic carbocycles. The van der Waals surface area contributed by atoms with Crippen molar-refractivity contribution in [2.45, 2.75) is 19.8 Å². The van der Waals surface area contributed by atoms with Gasteiger partial charge >= 0.3 is 5.97 Å². The zero-order valence-corrected chi connectivity index (χ0v) is 11.5. The standard InChI is InChI=1S/C13H15N5O3/c1-2-3-8-21-13(20)9-6-4-5-7-10(9)14-12(19)11-15-17-18-16-11/h4-7H,2-3,8H2,1H3,(H,14,19)(H,15,16,17,18). The lowest BCUT2D eigenvalue weighted by Crippen LogP contribution is -2.17. The van der Waals surface area contributed by atoms with Crippen molar-refractivity contribution in [3.63, 3.8) is 0 Å². The van der Waals surface area contributed by atoms with Gasteiger partial charge in [-0.2, -0.15) is 5.21 Å². The molecule has 0 spiro atoms. The van der Waals surface area contributed by atoms with Gasteiger partial charge in [0.15, 0.2) is 0 Å². The van der Waals surface area contributed by atoms with Crippen LogP contribution in [-0.4, -0.2) is 39.1 Å². The number of benzene rings is 1. The van der Waals surface area contributed by atoms with Crippen LogP contribution in [0.3, 0.4) is 0 Å². The predicted molar refractivity (Wildman–Crippen MR) is 73.8 cm³/mol. The molecular weight excluding hydrogens is 274 g/mol. The SMILES string of the molecule is CCCCOC(=O)c1ccccc1NC(=O)c1nn[nH]n1. The van der Waals surface area contributed by atoms with Crippen molar-refractivity contribution in [1.29, 1.82) is 0 Å². The Balaban J connectivity index is 2.09. The van der Waals surface area contributed by atoms with E-state index in [1.165, 1.54) is 0 Å². The monoisotopic (exact) mass is 289 g/mol. The fourth-order valence-electron chi connectivity index (χ4n) is 1.59. The Morgan fingerprint density at radius 1 is 1.33 bits per heavy atom. The molecule has 0 unspecified atom stereocenters. The minimum absolute atomic E-state index is 0.107. The largest absolute Gasteiger partial charge is 0.462 e. The van der Waals surface area contributed by atoms with Crippen molar-refractivity contribution in [2.75, 3.05) is 11.9 Å². The van der Waals surface area contributed by atoms with E-state index < -0.39 is 11.9 Å². The molecule has 1 heterocycles. The number of carbonyl (C=O) groups is 2. The van der Waals surface area contributed by atoms with E-state index in [2.05, 4.69) is 25.9 Å². The van der Waals surface area contributed by atoms with Crippen LogP contribution in [0.2, 0.25) is 0 Å². The van der Waals surface area contributed by atoms with Crippen molar-refractivity contribution in [3.8, 4) is 0 Å². The number of amides is 1. The summed E-state index contributed by atoms with van der Waals surface area (Å²) in [6, 6.07) is 6.59. The van der Waals surface area contributed by atoms with Gasteiger partial charge in [0.2, 0.25) is 0 Å². The van der Waals surface area contributed by atoms with Gasteiger partial charge in [-0.05, 0) is 23.8 Å². The quantitative estimate of drug-likeness (QED) is 0.614. The van der Waals surface area contributed by atoms with E-state index in [1.54, 1.807) is 24.3 Å². The number of H-pyrrole nitrogens is 1. The summed E-state index contributed by atoms with van der Waals surface area (Å²) >= 11 is 0. The molecule has 2 rings (SSSR count). The molecule has 0 aliphatic rings. The average Bonchev–Trinajstić information content (AvgIpc) is 3.02. The van der Waals surface area contributed by atoms with E-state index in [0.29, 0.717) is 12.3 Å². The number of hydrogen-bond donors (Lipinski definition) is 2. The van der Waals surface area contributed by atoms with Gasteiger partial charge in [-0.25, -0.2) is 4.79 Å². The smallest absolute Gasteiger partial charge is 0.340 e. The number of hydrogen-bond acceptors (Lipinski definition) is 6. The fraction of sp³-hybridized carbons (Fsp3) is 0.308. The molecular formula is C13H15N5O3. The molecule has 0 fully saturated rings. The third-order valence-corrected chi connectivity index (χ3v) is 2.67. The van der Waals surface area contributed by atoms with Crippen molar-refractivity contribution in [1.82, 2.24) is 20.6 Å². The number of aromatic amines is 1. The van der Waals surface area contributed by atoms with Crippen molar-refractivity contribution in [3.05, 3.63) is 35.7 Å². The molecule has 0 bridgehead atoms. The van der Waals surface area contributed by atoms with Crippen LogP contribution < -0.4 is 5.32 Å². The third kappa shape index (κ3) is 3.85. The summed E-state index contributed by atoms with van der Waals surface area (Å²) < 4.78 is 5.14. The Kier molecular flexibility index (Phi) is 4.97. The predicted octanol–water partition coefficient (Wildman–Crippen LogP) is 1.41. The maximum Gasteiger partial charge on any atom is 0.340 e. The van der Waals surface area contributed by atoms with Gasteiger partial charge < -0.3 is 10.1 Å². The summed E-state index contributed by atoms with van der Waals surface area (Å²) in [4.78, 5) is 23.8. The van der Waals surface area contributed by atoms with Crippen molar-refractivity contribution >= 4 is 17.6 Å². The molecule has 0 atom stereocenters. The number of ether oxygens (including phenoxy) is 1. The Morgan fingerprint density at radius 2 is 2.14 bits per heavy atom. The van der Waals surface area contributed by atoms with Gasteiger partial charge in [0.1, 0.15) is 0 Å². The highest BCUT2D eigenvalue weighted by Gasteiger charge is 2.17. The van der Waals surface area contributed by atoms with Gasteiger partial charge in [-0.15, -0.1) is 10.2 Å². The van der Waals surface area contributed by atoms with E-state index in [1.807, 2.05) is 6.92 Å². The number of unbranched alkanes of at least 4 members (excludes halogenated alkanes) is 1. The molecule has 0 saturated carbocycles. The van der Waals surface area contributed by atoms with Crippen molar-refractivity contribution < 1.29 is 14.3 Å². The first-order valence-corrected chi connectivity index (χ1v) is 6.53. The Bertz CT molecular complexity index is 612. The molecule has 0 aliphatic heterocycles. The first kappa shape index (κ1) is 14.6. The topological polar surface area (TPSA) is 110 Å². The molecule has 2 N–H and O–H groups in total. The number of nitrogens with one attached hydrogen (secondary N) is 2. The van der Waals surface area contributed by atoms with E-state index in [4.69, 9.17) is 4.74 Å². The summed E-state index contributed by atoms with van der Waals surface area (Å²) in [5.41, 5.74) is 0.624. The zero-order valence-electron chi connectivity index (χ0n) is 11.5. The molecule has 8 heteroatoms. The minimum Gasteiger partial charge on any atom is -0.462 e. The van der Waals surface area contributed by atoms with Crippen LogP contribution in [-0.2, 0) is 4.74 Å². The van der Waals surface area contributed by atoms with Gasteiger partial charge in [0.25, 0.3) is 11.7 Å². The number of aromatic nitrogens is 4. The summed E-state index contributed by atoms with van der Waals surface area (Å²) in [5, 5.41) is 15.2. The van der Waals surface area contributed by atoms with E-state index >= 15 is 0 Å². The van der Waals surface area contributed by atoms with E-state index in [0.717, 1.165) is 12.8 Å². The van der Waals surface area contributed by atoms with Crippen LogP contribution >= 0.6 is 0 Å². The van der Waals surface area contributed by atoms with Gasteiger partial charge in [0.05, 0.1) is 17.9 Å². The van der Waals surface area contributed by atoms with Gasteiger partial charge in [-0.3, -0.25) is 4.79 Å². The lowest BCUT2D eigenvalue weighted by molar-refractivity contribution is 0.0501. The fourth-order valence-corrected chi connectivity index (χ4v) is 1.59. The summed E-state index contributed by atoms with van der Waals surface area (Å²) in [6.07, 6.45) is 1.73. The number of esters is 1. The molecule has 21 heavy (non-hydrogen) atoms. The Hall–Kier alpha value is -2.77. The number of para-hydroxylation sites is 1. The highest BCUT2D eigenvalue weighted by molar-refractivity contribution is 6.06. The maximum atomic E-state index is 12.0. The van der Waals surface area contributed by atoms with Gasteiger partial charge in [-0.1, -0.05) is 25.5 Å². The molecule has 1 amide bonds. The van der Waals surface area contributed by atoms with Crippen LogP contribution in [0.15, 0.2) is 24.3 Å². The van der Waals surface area contributed by atoms with Crippen LogP contribution in [0.25, 0.3) is 0 Å². The van der Waals surface area contributed by atoms with Gasteiger partial charge in [0, 0.05) is 0 Å². The first-order chi connectivity index (χ1) is 10.2. The molecule has 1 aromatic carbocycles. The van der Waals surface area contributed by atoms with Crippen LogP contribution in [0.4, 0.5) is 5.69 Å². The number of carbonyl (C=O) groups excluding carboxylic acids is 2. The lowest BCUT2D eigenvalue weighted by atomic mass is 10.2. The number of rotatable bonds is 6. The first-order valence-electron chi connectivity index (χ1n) is 6.53. The summed E-state index contributed by atoms with van der Waals surface area (Å²) in [7, 11) is 0. The van der Waals surface area contributed by atoms with Crippen molar-refractivity contribution in [2.24, 2.45) is 0 Å². The number of nitrogens with zero attached hydrogens (tertiary/aromatic N) is 3. The normalized spacial score (nSPS) is 10.1. The average molecular weight is 289 g/mol. The molecule has 2 aromatic rings. The van der Waals surface area contributed by atoms with Crippen LogP contribution in [0.1, 0.15) is 40.7 Å². The van der Waals surface area contributed by atoms with Crippen LogP contribution in [0, 0.1) is 0 Å². The van der Waals surface area contributed by atoms with E-state index in [9.17, 15) is 9.59 Å². The Morgan fingerprint density at radius 3 is 2.86 bits per heavy atom. The maximum absolute atomic E-state index is 12.0. The third-order valence-electron chi connectivity index (χ3n) is 2.67. The molecule has 8 nitrogen and oxygen atoms in total. The van der Waals surface area contributed by atoms with Crippen LogP contribution in [0.5, 0.6) is 0 Å². The molecule has 0 saturated heterocycles. The highest BCUT2D eigenvalue weighted by Crippen LogP contribution is 2.17. The summed E-state index contributed by atoms with van der Waals surface area (Å²) in [6.45, 7) is 2.36. The zero-order chi connectivity index (χ0) is 15.1. The Labute approximate surface area is 120 Å². The second-order valence-electron chi connectivity index (χ2n) is 4.22. The number of anilines is 1. The minimum atomic E-state index is -0.558. The lowest BCUT2D eigenvalue weighted by Gasteiger charge is -2.09. The van der Waals surface area contributed by atoms with E-state index in [-0.39, 0.29) is 11.4 Å². The summed E-state index contributed by atoms with van der Waals surface area (Å²) in [5.74, 6) is -1.14. The molecule has 1 aromatic heterocycles. The molecule has 0 radical (unpaired) electrons. The number of tetrazole rings is 1.